The molecule has 2 N–H and O–H groups in total. The van der Waals surface area contributed by atoms with Crippen LogP contribution in [0, 0.1) is 5.92 Å². The van der Waals surface area contributed by atoms with Gasteiger partial charge < -0.3 is 10.4 Å². The van der Waals surface area contributed by atoms with Gasteiger partial charge in [-0.1, -0.05) is 13.8 Å². The average molecular weight is 229 g/mol. The van der Waals surface area contributed by atoms with Crippen molar-refractivity contribution in [3.05, 3.63) is 0 Å². The number of carbonyl (C=O) groups is 3. The second-order valence-corrected chi connectivity index (χ2v) is 4.24. The van der Waals surface area contributed by atoms with E-state index in [1.54, 1.807) is 0 Å². The van der Waals surface area contributed by atoms with E-state index < -0.39 is 12.0 Å². The third-order valence-electron chi connectivity index (χ3n) is 2.06. The van der Waals surface area contributed by atoms with Gasteiger partial charge in [0.2, 0.25) is 5.91 Å². The van der Waals surface area contributed by atoms with Crippen LogP contribution in [0.4, 0.5) is 0 Å². The summed E-state index contributed by atoms with van der Waals surface area (Å²) in [6, 6.07) is -0.558. The van der Waals surface area contributed by atoms with Crippen LogP contribution in [0.25, 0.3) is 0 Å². The Bertz CT molecular complexity index is 273. The lowest BCUT2D eigenvalue weighted by atomic mass is 9.98. The van der Waals surface area contributed by atoms with Gasteiger partial charge in [0, 0.05) is 13.3 Å². The van der Waals surface area contributed by atoms with E-state index in [9.17, 15) is 14.4 Å². The maximum Gasteiger partial charge on any atom is 0.303 e. The smallest absolute Gasteiger partial charge is 0.303 e. The Labute approximate surface area is 95.2 Å². The number of carboxylic acid groups (broad SMARTS) is 1. The lowest BCUT2D eigenvalue weighted by Gasteiger charge is -2.18. The molecule has 0 saturated carbocycles. The maximum absolute atomic E-state index is 11.6. The summed E-state index contributed by atoms with van der Waals surface area (Å²) < 4.78 is 0. The Morgan fingerprint density at radius 3 is 2.12 bits per heavy atom. The number of aliphatic carboxylic acids is 1. The lowest BCUT2D eigenvalue weighted by Crippen LogP contribution is -2.40. The first-order chi connectivity index (χ1) is 7.32. The van der Waals surface area contributed by atoms with Crippen molar-refractivity contribution in [2.45, 2.75) is 46.1 Å². The topological polar surface area (TPSA) is 83.5 Å². The first-order valence-corrected chi connectivity index (χ1v) is 5.34. The van der Waals surface area contributed by atoms with E-state index in [4.69, 9.17) is 5.11 Å². The van der Waals surface area contributed by atoms with Gasteiger partial charge in [0.25, 0.3) is 0 Å². The van der Waals surface area contributed by atoms with Crippen molar-refractivity contribution < 1.29 is 19.5 Å². The Morgan fingerprint density at radius 1 is 1.19 bits per heavy atom. The van der Waals surface area contributed by atoms with Crippen molar-refractivity contribution in [3.63, 3.8) is 0 Å². The van der Waals surface area contributed by atoms with Crippen LogP contribution in [-0.4, -0.2) is 28.8 Å². The predicted molar refractivity (Wildman–Crippen MR) is 58.9 cm³/mol. The molecule has 0 fully saturated rings. The van der Waals surface area contributed by atoms with E-state index in [2.05, 4.69) is 5.32 Å². The summed E-state index contributed by atoms with van der Waals surface area (Å²) >= 11 is 0. The second kappa shape index (κ2) is 6.98. The fourth-order valence-corrected chi connectivity index (χ4v) is 1.39. The molecule has 0 unspecified atom stereocenters. The molecule has 0 aliphatic heterocycles. The highest BCUT2D eigenvalue weighted by Crippen LogP contribution is 2.08. The van der Waals surface area contributed by atoms with Crippen molar-refractivity contribution in [2.24, 2.45) is 5.92 Å². The summed E-state index contributed by atoms with van der Waals surface area (Å²) in [6.07, 6.45) is 0.318. The molecule has 0 heterocycles. The van der Waals surface area contributed by atoms with E-state index in [0.717, 1.165) is 0 Å². The van der Waals surface area contributed by atoms with Crippen LogP contribution in [-0.2, 0) is 14.4 Å². The van der Waals surface area contributed by atoms with Crippen LogP contribution in [0.5, 0.6) is 0 Å². The van der Waals surface area contributed by atoms with Gasteiger partial charge in [0.1, 0.15) is 0 Å². The van der Waals surface area contributed by atoms with Crippen molar-refractivity contribution in [2.75, 3.05) is 0 Å². The van der Waals surface area contributed by atoms with Gasteiger partial charge in [-0.3, -0.25) is 14.4 Å². The van der Waals surface area contributed by atoms with Crippen molar-refractivity contribution in [1.82, 2.24) is 5.32 Å². The summed E-state index contributed by atoms with van der Waals surface area (Å²) in [5.41, 5.74) is 0. The first-order valence-electron chi connectivity index (χ1n) is 5.34. The summed E-state index contributed by atoms with van der Waals surface area (Å²) in [4.78, 5) is 32.9. The number of Topliss-reactive ketones (excluding diaryl/α,β-unsaturated/α-hetero) is 1. The number of rotatable bonds is 7. The van der Waals surface area contributed by atoms with Crippen molar-refractivity contribution >= 4 is 17.7 Å². The molecule has 0 radical (unpaired) electrons. The van der Waals surface area contributed by atoms with Crippen molar-refractivity contribution in [3.8, 4) is 0 Å². The molecule has 0 spiro atoms. The molecule has 0 aliphatic carbocycles. The molecule has 1 atom stereocenters. The summed E-state index contributed by atoms with van der Waals surface area (Å²) in [5.74, 6) is -1.22. The van der Waals surface area contributed by atoms with Crippen molar-refractivity contribution in [1.29, 1.82) is 0 Å². The van der Waals surface area contributed by atoms with Gasteiger partial charge in [-0.15, -0.1) is 0 Å². The molecule has 92 valence electrons. The molecule has 1 amide bonds. The van der Waals surface area contributed by atoms with Gasteiger partial charge >= 0.3 is 5.97 Å². The van der Waals surface area contributed by atoms with Crippen LogP contribution in [0.15, 0.2) is 0 Å². The highest BCUT2D eigenvalue weighted by molar-refractivity contribution is 5.90. The molecular weight excluding hydrogens is 210 g/mol. The molecule has 0 aliphatic rings. The molecule has 0 aromatic rings. The first kappa shape index (κ1) is 14.6. The molecule has 0 saturated heterocycles. The van der Waals surface area contributed by atoms with Crippen LogP contribution >= 0.6 is 0 Å². The lowest BCUT2D eigenvalue weighted by molar-refractivity contribution is -0.138. The van der Waals surface area contributed by atoms with Gasteiger partial charge in [0.05, 0.1) is 12.5 Å². The van der Waals surface area contributed by atoms with Gasteiger partial charge in [0.15, 0.2) is 5.78 Å². The number of ketones is 1. The Hall–Kier alpha value is -1.39. The Kier molecular flexibility index (Phi) is 6.37. The minimum atomic E-state index is -1.00. The zero-order valence-electron chi connectivity index (χ0n) is 9.95. The van der Waals surface area contributed by atoms with Gasteiger partial charge in [-0.2, -0.15) is 0 Å². The minimum absolute atomic E-state index is 0.0347. The predicted octanol–water partition coefficient (Wildman–Crippen LogP) is 0.971. The average Bonchev–Trinajstić information content (AvgIpc) is 2.11. The van der Waals surface area contributed by atoms with Gasteiger partial charge in [-0.25, -0.2) is 0 Å². The van der Waals surface area contributed by atoms with E-state index in [0.29, 0.717) is 6.42 Å². The molecule has 5 nitrogen and oxygen atoms in total. The van der Waals surface area contributed by atoms with Gasteiger partial charge in [-0.05, 0) is 12.3 Å². The molecule has 16 heavy (non-hydrogen) atoms. The minimum Gasteiger partial charge on any atom is -0.481 e. The zero-order chi connectivity index (χ0) is 12.7. The highest BCUT2D eigenvalue weighted by Gasteiger charge is 2.20. The van der Waals surface area contributed by atoms with Crippen LogP contribution in [0.1, 0.15) is 40.0 Å². The largest absolute Gasteiger partial charge is 0.481 e. The number of hydrogen-bond donors (Lipinski definition) is 2. The maximum atomic E-state index is 11.6. The van der Waals surface area contributed by atoms with Crippen LogP contribution in [0.2, 0.25) is 0 Å². The summed E-state index contributed by atoms with van der Waals surface area (Å²) in [5, 5.41) is 11.0. The Morgan fingerprint density at radius 2 is 1.75 bits per heavy atom. The number of carboxylic acids is 1. The monoisotopic (exact) mass is 229 g/mol. The van der Waals surface area contributed by atoms with E-state index in [-0.39, 0.29) is 30.4 Å². The zero-order valence-corrected chi connectivity index (χ0v) is 9.95. The summed E-state index contributed by atoms with van der Waals surface area (Å²) in [6.45, 7) is 5.23. The molecule has 0 rings (SSSR count). The SMILES string of the molecule is CC(=O)N[C@@H](CC(C)C)C(=O)CCC(=O)O. The number of hydrogen-bond acceptors (Lipinski definition) is 3. The summed E-state index contributed by atoms with van der Waals surface area (Å²) in [7, 11) is 0. The number of carbonyl (C=O) groups excluding carboxylic acids is 2. The third kappa shape index (κ3) is 6.98. The van der Waals surface area contributed by atoms with Crippen LogP contribution < -0.4 is 5.32 Å². The standard InChI is InChI=1S/C11H19NO4/c1-7(2)6-9(12-8(3)13)10(14)4-5-11(15)16/h7,9H,4-6H2,1-3H3,(H,12,13)(H,15,16)/t9-/m0/s1. The number of amides is 1. The normalized spacial score (nSPS) is 12.2. The molecule has 0 aromatic heterocycles. The molecule has 0 aromatic carbocycles. The third-order valence-corrected chi connectivity index (χ3v) is 2.06. The molecule has 0 bridgehead atoms. The number of nitrogens with one attached hydrogen (secondary N) is 1. The van der Waals surface area contributed by atoms with E-state index in [1.165, 1.54) is 6.92 Å². The molecule has 5 heteroatoms. The molecular formula is C11H19NO4. The van der Waals surface area contributed by atoms with E-state index >= 15 is 0 Å². The fourth-order valence-electron chi connectivity index (χ4n) is 1.39. The fraction of sp³-hybridized carbons (Fsp3) is 0.727. The van der Waals surface area contributed by atoms with E-state index in [1.807, 2.05) is 13.8 Å². The Balaban J connectivity index is 4.31. The van der Waals surface area contributed by atoms with Crippen LogP contribution in [0.3, 0.4) is 0 Å². The highest BCUT2D eigenvalue weighted by atomic mass is 16.4. The quantitative estimate of drug-likeness (QED) is 0.681. The second-order valence-electron chi connectivity index (χ2n) is 4.24.